The van der Waals surface area contributed by atoms with Crippen molar-refractivity contribution in [1.82, 2.24) is 25.9 Å². The van der Waals surface area contributed by atoms with Gasteiger partial charge in [0.1, 0.15) is 24.2 Å². The minimum absolute atomic E-state index is 0.00855. The summed E-state index contributed by atoms with van der Waals surface area (Å²) in [6.07, 6.45) is 3.84. The van der Waals surface area contributed by atoms with Crippen molar-refractivity contribution >= 4 is 35.5 Å². The SMILES string of the molecule is CSCCC(NC(=O)C(N)C(C)O)C(=O)NC(C)C(=O)NC(Cc1cnc[nH]1)C(=O)O. The number of amides is 3. The number of nitrogens with two attached hydrogens (primary N) is 1. The van der Waals surface area contributed by atoms with E-state index >= 15 is 0 Å². The van der Waals surface area contributed by atoms with Gasteiger partial charge in [-0.05, 0) is 32.3 Å². The molecule has 1 aromatic rings. The van der Waals surface area contributed by atoms with Gasteiger partial charge < -0.3 is 36.9 Å². The summed E-state index contributed by atoms with van der Waals surface area (Å²) in [5.74, 6) is -2.70. The van der Waals surface area contributed by atoms with Crippen molar-refractivity contribution in [2.75, 3.05) is 12.0 Å². The quantitative estimate of drug-likeness (QED) is 0.174. The van der Waals surface area contributed by atoms with Crippen LogP contribution < -0.4 is 21.7 Å². The number of hydrogen-bond donors (Lipinski definition) is 7. The molecule has 1 aromatic heterocycles. The van der Waals surface area contributed by atoms with E-state index in [0.29, 0.717) is 11.4 Å². The fourth-order valence-electron chi connectivity index (χ4n) is 2.48. The largest absolute Gasteiger partial charge is 0.480 e. The molecule has 0 saturated heterocycles. The Morgan fingerprint density at radius 1 is 1.13 bits per heavy atom. The number of hydrogen-bond acceptors (Lipinski definition) is 8. The zero-order chi connectivity index (χ0) is 23.6. The first-order valence-electron chi connectivity index (χ1n) is 9.60. The van der Waals surface area contributed by atoms with Gasteiger partial charge in [-0.1, -0.05) is 0 Å². The van der Waals surface area contributed by atoms with Crippen LogP contribution in [0.1, 0.15) is 26.0 Å². The number of carbonyl (C=O) groups is 4. The third kappa shape index (κ3) is 8.94. The molecule has 5 unspecified atom stereocenters. The number of aromatic amines is 1. The summed E-state index contributed by atoms with van der Waals surface area (Å²) in [4.78, 5) is 55.2. The molecule has 0 aliphatic carbocycles. The van der Waals surface area contributed by atoms with Crippen LogP contribution >= 0.6 is 11.8 Å². The lowest BCUT2D eigenvalue weighted by Gasteiger charge is -2.24. The van der Waals surface area contributed by atoms with Gasteiger partial charge in [0, 0.05) is 18.3 Å². The van der Waals surface area contributed by atoms with Gasteiger partial charge in [0.2, 0.25) is 17.7 Å². The highest BCUT2D eigenvalue weighted by Crippen LogP contribution is 2.04. The van der Waals surface area contributed by atoms with Gasteiger partial charge in [0.25, 0.3) is 0 Å². The summed E-state index contributed by atoms with van der Waals surface area (Å²) in [7, 11) is 0. The highest BCUT2D eigenvalue weighted by atomic mass is 32.2. The number of aliphatic carboxylic acids is 1. The molecule has 0 aliphatic heterocycles. The minimum Gasteiger partial charge on any atom is -0.480 e. The summed E-state index contributed by atoms with van der Waals surface area (Å²) in [6.45, 7) is 2.76. The second-order valence-corrected chi connectivity index (χ2v) is 8.01. The predicted octanol–water partition coefficient (Wildman–Crippen LogP) is -2.03. The molecule has 0 spiro atoms. The number of aliphatic hydroxyl groups is 1. The maximum atomic E-state index is 12.6. The smallest absolute Gasteiger partial charge is 0.326 e. The Morgan fingerprint density at radius 2 is 1.77 bits per heavy atom. The molecule has 5 atom stereocenters. The second kappa shape index (κ2) is 12.9. The Bertz CT molecular complexity index is 744. The molecule has 1 rings (SSSR count). The second-order valence-electron chi connectivity index (χ2n) is 7.02. The molecule has 31 heavy (non-hydrogen) atoms. The van der Waals surface area contributed by atoms with Crippen molar-refractivity contribution in [3.8, 4) is 0 Å². The van der Waals surface area contributed by atoms with Crippen molar-refractivity contribution in [1.29, 1.82) is 0 Å². The van der Waals surface area contributed by atoms with Crippen LogP contribution in [0.3, 0.4) is 0 Å². The highest BCUT2D eigenvalue weighted by Gasteiger charge is 2.29. The summed E-state index contributed by atoms with van der Waals surface area (Å²) < 4.78 is 0. The van der Waals surface area contributed by atoms with Crippen LogP contribution in [0.5, 0.6) is 0 Å². The Labute approximate surface area is 184 Å². The van der Waals surface area contributed by atoms with Crippen LogP contribution in [0.25, 0.3) is 0 Å². The number of carboxylic acid groups (broad SMARTS) is 1. The molecule has 0 saturated carbocycles. The van der Waals surface area contributed by atoms with Crippen molar-refractivity contribution < 1.29 is 29.4 Å². The molecule has 1 heterocycles. The predicted molar refractivity (Wildman–Crippen MR) is 114 cm³/mol. The Kier molecular flexibility index (Phi) is 11.0. The Balaban J connectivity index is 2.73. The number of imidazole rings is 1. The van der Waals surface area contributed by atoms with Gasteiger partial charge in [-0.2, -0.15) is 11.8 Å². The molecule has 8 N–H and O–H groups in total. The lowest BCUT2D eigenvalue weighted by atomic mass is 10.1. The maximum Gasteiger partial charge on any atom is 0.326 e. The topological polar surface area (TPSA) is 200 Å². The maximum absolute atomic E-state index is 12.6. The van der Waals surface area contributed by atoms with Crippen LogP contribution in [0.15, 0.2) is 12.5 Å². The van der Waals surface area contributed by atoms with Gasteiger partial charge >= 0.3 is 5.97 Å². The van der Waals surface area contributed by atoms with E-state index in [9.17, 15) is 29.4 Å². The first-order chi connectivity index (χ1) is 14.6. The number of carboxylic acids is 1. The van der Waals surface area contributed by atoms with Crippen molar-refractivity contribution in [2.24, 2.45) is 5.73 Å². The molecule has 13 heteroatoms. The third-order valence-corrected chi connectivity index (χ3v) is 5.06. The average molecular weight is 459 g/mol. The van der Waals surface area contributed by atoms with Gasteiger partial charge in [-0.25, -0.2) is 9.78 Å². The van der Waals surface area contributed by atoms with Crippen LogP contribution in [0.2, 0.25) is 0 Å². The van der Waals surface area contributed by atoms with E-state index in [4.69, 9.17) is 5.73 Å². The third-order valence-electron chi connectivity index (χ3n) is 4.41. The highest BCUT2D eigenvalue weighted by molar-refractivity contribution is 7.98. The number of nitrogens with zero attached hydrogens (tertiary/aromatic N) is 1. The first kappa shape index (κ1) is 26.4. The standard InChI is InChI=1S/C18H30N6O6S/c1-9(15(26)24-13(18(29)30)6-11-7-20-8-21-11)22-16(27)12(4-5-31-3)23-17(28)14(19)10(2)25/h7-10,12-14,25H,4-6,19H2,1-3H3,(H,20,21)(H,22,27)(H,23,28)(H,24,26)(H,29,30). The van der Waals surface area contributed by atoms with E-state index in [1.165, 1.54) is 38.1 Å². The van der Waals surface area contributed by atoms with E-state index in [-0.39, 0.29) is 12.8 Å². The lowest BCUT2D eigenvalue weighted by molar-refractivity contribution is -0.142. The van der Waals surface area contributed by atoms with Crippen LogP contribution in [0.4, 0.5) is 0 Å². The molecule has 0 fully saturated rings. The summed E-state index contributed by atoms with van der Waals surface area (Å²) in [5.41, 5.74) is 6.13. The molecule has 3 amide bonds. The van der Waals surface area contributed by atoms with Crippen molar-refractivity contribution in [3.05, 3.63) is 18.2 Å². The van der Waals surface area contributed by atoms with Crippen LogP contribution in [-0.2, 0) is 25.6 Å². The number of aromatic nitrogens is 2. The van der Waals surface area contributed by atoms with Crippen molar-refractivity contribution in [2.45, 2.75) is 57.0 Å². The van der Waals surface area contributed by atoms with Gasteiger partial charge in [-0.15, -0.1) is 0 Å². The van der Waals surface area contributed by atoms with E-state index in [1.807, 2.05) is 6.26 Å². The summed E-state index contributed by atoms with van der Waals surface area (Å²) in [6, 6.07) is -4.46. The van der Waals surface area contributed by atoms with Crippen LogP contribution in [-0.4, -0.2) is 86.2 Å². The number of carbonyl (C=O) groups excluding carboxylic acids is 3. The number of H-pyrrole nitrogens is 1. The molecular formula is C18H30N6O6S. The van der Waals surface area contributed by atoms with Crippen molar-refractivity contribution in [3.63, 3.8) is 0 Å². The molecular weight excluding hydrogens is 428 g/mol. The van der Waals surface area contributed by atoms with E-state index < -0.39 is 54.0 Å². The van der Waals surface area contributed by atoms with Crippen LogP contribution in [0, 0.1) is 0 Å². The fourth-order valence-corrected chi connectivity index (χ4v) is 2.96. The van der Waals surface area contributed by atoms with E-state index in [1.54, 1.807) is 0 Å². The first-order valence-corrected chi connectivity index (χ1v) is 11.0. The lowest BCUT2D eigenvalue weighted by Crippen LogP contribution is -2.57. The zero-order valence-corrected chi connectivity index (χ0v) is 18.4. The molecule has 0 aliphatic rings. The number of thioether (sulfide) groups is 1. The van der Waals surface area contributed by atoms with E-state index in [0.717, 1.165) is 0 Å². The molecule has 0 bridgehead atoms. The molecule has 174 valence electrons. The molecule has 0 aromatic carbocycles. The number of nitrogens with one attached hydrogen (secondary N) is 4. The molecule has 0 radical (unpaired) electrons. The van der Waals surface area contributed by atoms with Gasteiger partial charge in [0.15, 0.2) is 0 Å². The minimum atomic E-state index is -1.24. The Morgan fingerprint density at radius 3 is 2.29 bits per heavy atom. The van der Waals surface area contributed by atoms with E-state index in [2.05, 4.69) is 25.9 Å². The number of rotatable bonds is 13. The Hall–Kier alpha value is -2.64. The molecule has 12 nitrogen and oxygen atoms in total. The zero-order valence-electron chi connectivity index (χ0n) is 17.6. The summed E-state index contributed by atoms with van der Waals surface area (Å²) >= 11 is 1.46. The normalized spacial score (nSPS) is 15.8. The summed E-state index contributed by atoms with van der Waals surface area (Å²) in [5, 5.41) is 26.1. The van der Waals surface area contributed by atoms with Gasteiger partial charge in [0.05, 0.1) is 12.4 Å². The monoisotopic (exact) mass is 458 g/mol. The fraction of sp³-hybridized carbons (Fsp3) is 0.611. The van der Waals surface area contributed by atoms with Gasteiger partial charge in [-0.3, -0.25) is 14.4 Å². The average Bonchev–Trinajstić information content (AvgIpc) is 3.22. The number of aliphatic hydroxyl groups excluding tert-OH is 1.